The van der Waals surface area contributed by atoms with Gasteiger partial charge in [0.25, 0.3) is 0 Å². The van der Waals surface area contributed by atoms with Crippen LogP contribution in [0.2, 0.25) is 0 Å². The van der Waals surface area contributed by atoms with Gasteiger partial charge in [-0.05, 0) is 45.2 Å². The first-order valence-electron chi connectivity index (χ1n) is 13.4. The summed E-state index contributed by atoms with van der Waals surface area (Å²) in [4.78, 5) is 0. The third-order valence-corrected chi connectivity index (χ3v) is 6.52. The molecule has 0 fully saturated rings. The minimum atomic E-state index is 0. The summed E-state index contributed by atoms with van der Waals surface area (Å²) in [5, 5.41) is 3.78. The average molecular weight is 452 g/mol. The number of aryl methyl sites for hydroxylation is 1. The molecule has 0 unspecified atom stereocenters. The number of halogens is 1. The Morgan fingerprint density at radius 3 is 1.48 bits per heavy atom. The van der Waals surface area contributed by atoms with Gasteiger partial charge in [0.1, 0.15) is 0 Å². The Labute approximate surface area is 202 Å². The van der Waals surface area contributed by atoms with E-state index in [2.05, 4.69) is 56.4 Å². The maximum Gasteiger partial charge on any atom is 0.0128 e. The van der Waals surface area contributed by atoms with Crippen LogP contribution in [0.1, 0.15) is 135 Å². The Morgan fingerprint density at radius 2 is 1.03 bits per heavy atom. The summed E-state index contributed by atoms with van der Waals surface area (Å²) in [6.45, 7) is 8.16. The Bertz CT molecular complexity index is 471. The van der Waals surface area contributed by atoms with Crippen LogP contribution >= 0.6 is 12.4 Å². The van der Waals surface area contributed by atoms with Crippen LogP contribution in [-0.4, -0.2) is 12.1 Å². The van der Waals surface area contributed by atoms with Crippen LogP contribution in [0.4, 0.5) is 0 Å². The lowest BCUT2D eigenvalue weighted by atomic mass is 9.95. The highest BCUT2D eigenvalue weighted by Crippen LogP contribution is 2.15. The zero-order valence-corrected chi connectivity index (χ0v) is 22.0. The first-order chi connectivity index (χ1) is 14.6. The summed E-state index contributed by atoms with van der Waals surface area (Å²) >= 11 is 0. The molecule has 0 bridgehead atoms. The van der Waals surface area contributed by atoms with E-state index in [1.54, 1.807) is 0 Å². The zero-order valence-electron chi connectivity index (χ0n) is 21.2. The second-order valence-corrected chi connectivity index (χ2v) is 10.1. The number of benzene rings is 1. The summed E-state index contributed by atoms with van der Waals surface area (Å²) in [5.74, 6) is 0. The molecule has 1 nitrogen and oxygen atoms in total. The molecule has 1 aromatic carbocycles. The average Bonchev–Trinajstić information content (AvgIpc) is 2.75. The van der Waals surface area contributed by atoms with E-state index in [1.807, 2.05) is 0 Å². The summed E-state index contributed by atoms with van der Waals surface area (Å²) in [6.07, 6.45) is 25.4. The maximum atomic E-state index is 3.78. The van der Waals surface area contributed by atoms with Crippen molar-refractivity contribution < 1.29 is 0 Å². The molecule has 0 heterocycles. The highest BCUT2D eigenvalue weighted by atomic mass is 35.5. The van der Waals surface area contributed by atoms with Crippen molar-refractivity contribution in [2.24, 2.45) is 0 Å². The Balaban J connectivity index is 0.00000900. The molecule has 0 aliphatic carbocycles. The fourth-order valence-corrected chi connectivity index (χ4v) is 4.29. The molecule has 0 atom stereocenters. The minimum Gasteiger partial charge on any atom is -0.312 e. The molecule has 0 saturated heterocycles. The molecule has 31 heavy (non-hydrogen) atoms. The smallest absolute Gasteiger partial charge is 0.0128 e. The monoisotopic (exact) mass is 451 g/mol. The van der Waals surface area contributed by atoms with Gasteiger partial charge in [-0.2, -0.15) is 0 Å². The molecule has 0 aliphatic heterocycles. The topological polar surface area (TPSA) is 12.0 Å². The van der Waals surface area contributed by atoms with Gasteiger partial charge in [-0.1, -0.05) is 134 Å². The van der Waals surface area contributed by atoms with Crippen molar-refractivity contribution in [3.05, 3.63) is 35.9 Å². The van der Waals surface area contributed by atoms with Crippen molar-refractivity contribution in [3.8, 4) is 0 Å². The van der Waals surface area contributed by atoms with E-state index >= 15 is 0 Å². The van der Waals surface area contributed by atoms with E-state index in [0.717, 1.165) is 0 Å². The molecule has 1 N–H and O–H groups in total. The maximum absolute atomic E-state index is 3.78. The lowest BCUT2D eigenvalue weighted by Gasteiger charge is -2.26. The van der Waals surface area contributed by atoms with E-state index in [1.165, 1.54) is 128 Å². The van der Waals surface area contributed by atoms with Crippen LogP contribution in [0.3, 0.4) is 0 Å². The Kier molecular flexibility index (Phi) is 21.0. The lowest BCUT2D eigenvalue weighted by molar-refractivity contribution is 0.357. The van der Waals surface area contributed by atoms with E-state index < -0.39 is 0 Å². The van der Waals surface area contributed by atoms with Gasteiger partial charge in [0, 0.05) is 5.54 Å². The summed E-state index contributed by atoms with van der Waals surface area (Å²) < 4.78 is 0. The summed E-state index contributed by atoms with van der Waals surface area (Å²) in [7, 11) is 0. The number of hydrogen-bond donors (Lipinski definition) is 1. The Hall–Kier alpha value is -0.530. The normalized spacial score (nSPS) is 11.5. The standard InChI is InChI=1S/C29H53N.ClH/c1-4-5-6-7-8-9-10-11-12-13-14-15-16-17-18-22-27-30-29(2,3)26-25-28-23-20-19-21-24-28;/h19-21,23-24,30H,4-18,22,25-27H2,1-3H3;1H. The number of unbranched alkanes of at least 4 members (excludes halogenated alkanes) is 15. The second-order valence-electron chi connectivity index (χ2n) is 10.1. The van der Waals surface area contributed by atoms with Gasteiger partial charge < -0.3 is 5.32 Å². The van der Waals surface area contributed by atoms with Crippen molar-refractivity contribution in [1.82, 2.24) is 5.32 Å². The molecule has 0 radical (unpaired) electrons. The summed E-state index contributed by atoms with van der Waals surface area (Å²) in [5.41, 5.74) is 1.69. The van der Waals surface area contributed by atoms with Crippen LogP contribution in [0, 0.1) is 0 Å². The van der Waals surface area contributed by atoms with Gasteiger partial charge in [0.05, 0.1) is 0 Å². The van der Waals surface area contributed by atoms with Gasteiger partial charge >= 0.3 is 0 Å². The largest absolute Gasteiger partial charge is 0.312 e. The predicted molar refractivity (Wildman–Crippen MR) is 144 cm³/mol. The van der Waals surface area contributed by atoms with E-state index in [0.29, 0.717) is 0 Å². The third-order valence-electron chi connectivity index (χ3n) is 6.52. The van der Waals surface area contributed by atoms with Gasteiger partial charge in [-0.25, -0.2) is 0 Å². The molecule has 1 rings (SSSR count). The number of rotatable bonds is 21. The van der Waals surface area contributed by atoms with Crippen molar-refractivity contribution in [2.75, 3.05) is 6.54 Å². The van der Waals surface area contributed by atoms with E-state index in [9.17, 15) is 0 Å². The SMILES string of the molecule is CCCCCCCCCCCCCCCCCCNC(C)(C)CCc1ccccc1.Cl. The molecular weight excluding hydrogens is 398 g/mol. The first-order valence-corrected chi connectivity index (χ1v) is 13.4. The fraction of sp³-hybridized carbons (Fsp3) is 0.793. The minimum absolute atomic E-state index is 0. The molecular formula is C29H54ClN. The molecule has 0 aromatic heterocycles. The molecule has 1 aromatic rings. The number of hydrogen-bond acceptors (Lipinski definition) is 1. The van der Waals surface area contributed by atoms with Gasteiger partial charge in [-0.3, -0.25) is 0 Å². The lowest BCUT2D eigenvalue weighted by Crippen LogP contribution is -2.40. The van der Waals surface area contributed by atoms with Crippen molar-refractivity contribution >= 4 is 12.4 Å². The van der Waals surface area contributed by atoms with Crippen LogP contribution in [0.15, 0.2) is 30.3 Å². The van der Waals surface area contributed by atoms with Crippen molar-refractivity contribution in [1.29, 1.82) is 0 Å². The van der Waals surface area contributed by atoms with E-state index in [4.69, 9.17) is 0 Å². The van der Waals surface area contributed by atoms with Crippen molar-refractivity contribution in [2.45, 2.75) is 142 Å². The first kappa shape index (κ1) is 30.5. The molecule has 0 saturated carbocycles. The highest BCUT2D eigenvalue weighted by Gasteiger charge is 2.15. The highest BCUT2D eigenvalue weighted by molar-refractivity contribution is 5.85. The third kappa shape index (κ3) is 19.9. The van der Waals surface area contributed by atoms with Gasteiger partial charge in [0.2, 0.25) is 0 Å². The molecule has 0 amide bonds. The Morgan fingerprint density at radius 1 is 0.613 bits per heavy atom. The van der Waals surface area contributed by atoms with E-state index in [-0.39, 0.29) is 17.9 Å². The van der Waals surface area contributed by atoms with Crippen LogP contribution in [0.5, 0.6) is 0 Å². The predicted octanol–water partition coefficient (Wildman–Crippen LogP) is 9.67. The van der Waals surface area contributed by atoms with Crippen LogP contribution in [0.25, 0.3) is 0 Å². The zero-order chi connectivity index (χ0) is 21.8. The molecule has 2 heteroatoms. The fourth-order valence-electron chi connectivity index (χ4n) is 4.29. The quantitative estimate of drug-likeness (QED) is 0.183. The van der Waals surface area contributed by atoms with Gasteiger partial charge in [-0.15, -0.1) is 12.4 Å². The summed E-state index contributed by atoms with van der Waals surface area (Å²) in [6, 6.07) is 10.9. The second kappa shape index (κ2) is 21.3. The number of nitrogens with one attached hydrogen (secondary N) is 1. The van der Waals surface area contributed by atoms with Crippen LogP contribution < -0.4 is 5.32 Å². The molecule has 182 valence electrons. The van der Waals surface area contributed by atoms with Crippen molar-refractivity contribution in [3.63, 3.8) is 0 Å². The van der Waals surface area contributed by atoms with Gasteiger partial charge in [0.15, 0.2) is 0 Å². The molecule has 0 spiro atoms. The molecule has 0 aliphatic rings. The van der Waals surface area contributed by atoms with Crippen LogP contribution in [-0.2, 0) is 6.42 Å².